The average Bonchev–Trinajstić information content (AvgIpc) is 3.14. The predicted octanol–water partition coefficient (Wildman–Crippen LogP) is 2.76. The summed E-state index contributed by atoms with van der Waals surface area (Å²) in [6.45, 7) is 3.43. The second-order valence-electron chi connectivity index (χ2n) is 5.86. The van der Waals surface area contributed by atoms with Gasteiger partial charge in [-0.05, 0) is 25.0 Å². The Morgan fingerprint density at radius 3 is 2.54 bits per heavy atom. The van der Waals surface area contributed by atoms with Crippen molar-refractivity contribution in [2.45, 2.75) is 26.2 Å². The quantitative estimate of drug-likeness (QED) is 0.645. The van der Waals surface area contributed by atoms with Gasteiger partial charge >= 0.3 is 0 Å². The van der Waals surface area contributed by atoms with Gasteiger partial charge in [0.25, 0.3) is 11.8 Å². The van der Waals surface area contributed by atoms with E-state index in [1.807, 2.05) is 0 Å². The Kier molecular flexibility index (Phi) is 7.53. The lowest BCUT2D eigenvalue weighted by Crippen LogP contribution is -2.46. The van der Waals surface area contributed by atoms with Gasteiger partial charge in [-0.1, -0.05) is 24.9 Å². The molecule has 1 heterocycles. The van der Waals surface area contributed by atoms with Crippen molar-refractivity contribution >= 4 is 23.4 Å². The van der Waals surface area contributed by atoms with Gasteiger partial charge in [-0.15, -0.1) is 0 Å². The van der Waals surface area contributed by atoms with Crippen molar-refractivity contribution in [3.63, 3.8) is 0 Å². The summed E-state index contributed by atoms with van der Waals surface area (Å²) in [5.74, 6) is -0.0585. The van der Waals surface area contributed by atoms with Crippen molar-refractivity contribution in [1.29, 1.82) is 0 Å². The summed E-state index contributed by atoms with van der Waals surface area (Å²) in [7, 11) is 2.90. The molecule has 0 aromatic heterocycles. The Hall–Kier alpha value is -1.99. The molecule has 2 rings (SSSR count). The van der Waals surface area contributed by atoms with Crippen LogP contribution < -0.4 is 9.47 Å². The van der Waals surface area contributed by atoms with E-state index in [-0.39, 0.29) is 29.7 Å². The van der Waals surface area contributed by atoms with Crippen LogP contribution in [0.5, 0.6) is 11.5 Å². The highest BCUT2D eigenvalue weighted by molar-refractivity contribution is 6.32. The Bertz CT molecular complexity index is 653. The van der Waals surface area contributed by atoms with E-state index in [4.69, 9.17) is 25.8 Å². The van der Waals surface area contributed by atoms with E-state index in [1.54, 1.807) is 12.1 Å². The van der Waals surface area contributed by atoms with Crippen LogP contribution in [0.1, 0.15) is 36.5 Å². The van der Waals surface area contributed by atoms with E-state index in [9.17, 15) is 9.59 Å². The maximum atomic E-state index is 13.1. The van der Waals surface area contributed by atoms with E-state index in [0.29, 0.717) is 36.9 Å². The Morgan fingerprint density at radius 2 is 1.88 bits per heavy atom. The maximum Gasteiger partial charge on any atom is 0.280 e. The van der Waals surface area contributed by atoms with Crippen LogP contribution in [-0.4, -0.2) is 62.4 Å². The number of benzene rings is 1. The number of hydrogen-bond donors (Lipinski definition) is 0. The standard InChI is InChI=1S/C18H25ClN2O5/c1-4-5-11-26-12-15(22)20-9-6-10-21(20)18(23)16-14(24-2)8-7-13(19)17(16)25-3/h7-8H,4-6,9-12H2,1-3H3. The number of rotatable bonds is 8. The molecule has 0 N–H and O–H groups in total. The molecular formula is C18H25ClN2O5. The molecule has 1 fully saturated rings. The number of unbranched alkanes of at least 4 members (excludes halogenated alkanes) is 1. The predicted molar refractivity (Wildman–Crippen MR) is 97.6 cm³/mol. The summed E-state index contributed by atoms with van der Waals surface area (Å²) in [5.41, 5.74) is 0.203. The first-order valence-electron chi connectivity index (χ1n) is 8.65. The number of halogens is 1. The van der Waals surface area contributed by atoms with E-state index in [0.717, 1.165) is 12.8 Å². The third-order valence-corrected chi connectivity index (χ3v) is 4.43. The van der Waals surface area contributed by atoms with Gasteiger partial charge in [-0.2, -0.15) is 0 Å². The minimum atomic E-state index is -0.388. The number of ether oxygens (including phenoxy) is 3. The zero-order chi connectivity index (χ0) is 19.1. The molecule has 1 aliphatic rings. The van der Waals surface area contributed by atoms with Gasteiger partial charge in [0.1, 0.15) is 17.9 Å². The molecule has 144 valence electrons. The maximum absolute atomic E-state index is 13.1. The van der Waals surface area contributed by atoms with Gasteiger partial charge in [0.15, 0.2) is 5.75 Å². The van der Waals surface area contributed by atoms with Crippen LogP contribution in [0.3, 0.4) is 0 Å². The molecule has 0 spiro atoms. The third kappa shape index (κ3) is 4.40. The van der Waals surface area contributed by atoms with Gasteiger partial charge < -0.3 is 14.2 Å². The fourth-order valence-corrected chi connectivity index (χ4v) is 3.04. The lowest BCUT2D eigenvalue weighted by atomic mass is 10.1. The van der Waals surface area contributed by atoms with Gasteiger partial charge in [-0.25, -0.2) is 10.0 Å². The average molecular weight is 385 g/mol. The summed E-state index contributed by atoms with van der Waals surface area (Å²) in [6, 6.07) is 3.21. The number of hydrogen-bond acceptors (Lipinski definition) is 5. The van der Waals surface area contributed by atoms with Crippen LogP contribution in [-0.2, 0) is 9.53 Å². The molecule has 0 aliphatic carbocycles. The fourth-order valence-electron chi connectivity index (χ4n) is 2.80. The zero-order valence-corrected chi connectivity index (χ0v) is 16.2. The highest BCUT2D eigenvalue weighted by Gasteiger charge is 2.34. The molecule has 1 aliphatic heterocycles. The summed E-state index contributed by atoms with van der Waals surface area (Å²) >= 11 is 6.15. The first-order chi connectivity index (χ1) is 12.5. The smallest absolute Gasteiger partial charge is 0.280 e. The van der Waals surface area contributed by atoms with Crippen LogP contribution in [0.15, 0.2) is 12.1 Å². The van der Waals surface area contributed by atoms with Crippen molar-refractivity contribution in [1.82, 2.24) is 10.0 Å². The van der Waals surface area contributed by atoms with Crippen LogP contribution in [0.25, 0.3) is 0 Å². The van der Waals surface area contributed by atoms with E-state index in [2.05, 4.69) is 6.92 Å². The van der Waals surface area contributed by atoms with Crippen molar-refractivity contribution < 1.29 is 23.8 Å². The van der Waals surface area contributed by atoms with Gasteiger partial charge in [0.05, 0.1) is 19.2 Å². The van der Waals surface area contributed by atoms with Crippen LogP contribution >= 0.6 is 11.6 Å². The SMILES string of the molecule is CCCCOCC(=O)N1CCCN1C(=O)c1c(OC)ccc(Cl)c1OC. The molecule has 0 unspecified atom stereocenters. The number of nitrogens with zero attached hydrogens (tertiary/aromatic N) is 2. The molecule has 0 atom stereocenters. The highest BCUT2D eigenvalue weighted by atomic mass is 35.5. The summed E-state index contributed by atoms with van der Waals surface area (Å²) in [6.07, 6.45) is 2.58. The first kappa shape index (κ1) is 20.3. The highest BCUT2D eigenvalue weighted by Crippen LogP contribution is 2.37. The lowest BCUT2D eigenvalue weighted by Gasteiger charge is -2.29. The molecule has 2 amide bonds. The van der Waals surface area contributed by atoms with Crippen LogP contribution in [0.2, 0.25) is 5.02 Å². The molecule has 0 radical (unpaired) electrons. The van der Waals surface area contributed by atoms with Crippen molar-refractivity contribution in [2.75, 3.05) is 40.5 Å². The molecule has 0 saturated carbocycles. The zero-order valence-electron chi connectivity index (χ0n) is 15.4. The topological polar surface area (TPSA) is 68.3 Å². The number of carbonyl (C=O) groups is 2. The fraction of sp³-hybridized carbons (Fsp3) is 0.556. The van der Waals surface area contributed by atoms with E-state index >= 15 is 0 Å². The number of amides is 2. The Labute approximate surface area is 158 Å². The van der Waals surface area contributed by atoms with Gasteiger partial charge in [-0.3, -0.25) is 9.59 Å². The van der Waals surface area contributed by atoms with Gasteiger partial charge in [0, 0.05) is 19.7 Å². The summed E-state index contributed by atoms with van der Waals surface area (Å²) in [5, 5.41) is 3.13. The minimum Gasteiger partial charge on any atom is -0.496 e. The second kappa shape index (κ2) is 9.64. The normalized spacial score (nSPS) is 13.8. The Balaban J connectivity index is 2.20. The molecule has 1 saturated heterocycles. The van der Waals surface area contributed by atoms with Gasteiger partial charge in [0.2, 0.25) is 0 Å². The summed E-state index contributed by atoms with van der Waals surface area (Å²) < 4.78 is 16.0. The molecule has 7 nitrogen and oxygen atoms in total. The van der Waals surface area contributed by atoms with Crippen molar-refractivity contribution in [3.05, 3.63) is 22.7 Å². The number of hydrazine groups is 1. The summed E-state index contributed by atoms with van der Waals surface area (Å²) in [4.78, 5) is 25.6. The monoisotopic (exact) mass is 384 g/mol. The molecule has 26 heavy (non-hydrogen) atoms. The number of methoxy groups -OCH3 is 2. The minimum absolute atomic E-state index is 0.0480. The van der Waals surface area contributed by atoms with E-state index in [1.165, 1.54) is 24.2 Å². The first-order valence-corrected chi connectivity index (χ1v) is 9.03. The molecule has 1 aromatic carbocycles. The molecule has 0 bridgehead atoms. The van der Waals surface area contributed by atoms with Crippen molar-refractivity contribution in [3.8, 4) is 11.5 Å². The van der Waals surface area contributed by atoms with Crippen molar-refractivity contribution in [2.24, 2.45) is 0 Å². The third-order valence-electron chi connectivity index (χ3n) is 4.13. The van der Waals surface area contributed by atoms with Crippen LogP contribution in [0.4, 0.5) is 0 Å². The largest absolute Gasteiger partial charge is 0.496 e. The second-order valence-corrected chi connectivity index (χ2v) is 6.27. The van der Waals surface area contributed by atoms with Crippen LogP contribution in [0, 0.1) is 0 Å². The molecular weight excluding hydrogens is 360 g/mol. The van der Waals surface area contributed by atoms with E-state index < -0.39 is 0 Å². The number of carbonyl (C=O) groups excluding carboxylic acids is 2. The lowest BCUT2D eigenvalue weighted by molar-refractivity contribution is -0.145. The molecule has 8 heteroatoms. The molecule has 1 aromatic rings. The Morgan fingerprint density at radius 1 is 1.15 bits per heavy atom.